The lowest BCUT2D eigenvalue weighted by Gasteiger charge is -2.19. The number of amides is 1. The molecule has 0 radical (unpaired) electrons. The van der Waals surface area contributed by atoms with Crippen molar-refractivity contribution in [2.75, 3.05) is 13.7 Å². The molecule has 0 spiro atoms. The molecule has 8 heteroatoms. The van der Waals surface area contributed by atoms with E-state index in [4.69, 9.17) is 9.15 Å². The number of aryl methyl sites for hydroxylation is 1. The van der Waals surface area contributed by atoms with Gasteiger partial charge < -0.3 is 19.2 Å². The van der Waals surface area contributed by atoms with E-state index in [0.717, 1.165) is 0 Å². The molecule has 1 N–H and O–H groups in total. The van der Waals surface area contributed by atoms with Crippen LogP contribution in [0.1, 0.15) is 21.9 Å². The van der Waals surface area contributed by atoms with E-state index in [0.29, 0.717) is 22.8 Å². The maximum absolute atomic E-state index is 13.0. The third-order valence-electron chi connectivity index (χ3n) is 4.01. The smallest absolute Gasteiger partial charge is 0.323 e. The zero-order chi connectivity index (χ0) is 20.1. The van der Waals surface area contributed by atoms with E-state index in [1.54, 1.807) is 62.7 Å². The lowest BCUT2D eigenvalue weighted by atomic mass is 10.2. The van der Waals surface area contributed by atoms with Crippen molar-refractivity contribution in [1.29, 1.82) is 0 Å². The van der Waals surface area contributed by atoms with Gasteiger partial charge in [-0.1, -0.05) is 12.1 Å². The molecule has 28 heavy (non-hydrogen) atoms. The number of carboxylic acid groups (broad SMARTS) is 1. The zero-order valence-corrected chi connectivity index (χ0v) is 15.5. The Morgan fingerprint density at radius 1 is 1.21 bits per heavy atom. The summed E-state index contributed by atoms with van der Waals surface area (Å²) in [4.78, 5) is 33.8. The second-order valence-corrected chi connectivity index (χ2v) is 6.03. The van der Waals surface area contributed by atoms with E-state index in [1.165, 1.54) is 4.90 Å². The number of oxazole rings is 1. The molecule has 144 valence electrons. The number of nitrogens with zero attached hydrogens (tertiary/aromatic N) is 3. The van der Waals surface area contributed by atoms with Gasteiger partial charge in [0, 0.05) is 11.8 Å². The van der Waals surface area contributed by atoms with Crippen molar-refractivity contribution in [2.24, 2.45) is 0 Å². The molecular weight excluding hydrogens is 362 g/mol. The summed E-state index contributed by atoms with van der Waals surface area (Å²) < 4.78 is 10.8. The van der Waals surface area contributed by atoms with Crippen LogP contribution in [0.2, 0.25) is 0 Å². The van der Waals surface area contributed by atoms with E-state index in [9.17, 15) is 14.7 Å². The number of pyridine rings is 1. The summed E-state index contributed by atoms with van der Waals surface area (Å²) in [6.45, 7) is 1.19. The Hall–Kier alpha value is -3.68. The van der Waals surface area contributed by atoms with Gasteiger partial charge in [0.15, 0.2) is 5.69 Å². The van der Waals surface area contributed by atoms with Crippen LogP contribution in [0.4, 0.5) is 0 Å². The highest BCUT2D eigenvalue weighted by atomic mass is 16.5. The summed E-state index contributed by atoms with van der Waals surface area (Å²) in [7, 11) is 1.55. The van der Waals surface area contributed by atoms with Gasteiger partial charge in [-0.2, -0.15) is 0 Å². The number of ether oxygens (including phenoxy) is 1. The molecule has 0 atom stereocenters. The summed E-state index contributed by atoms with van der Waals surface area (Å²) in [5.74, 6) is -0.474. The molecule has 1 aromatic carbocycles. The van der Waals surface area contributed by atoms with Gasteiger partial charge in [0.05, 0.1) is 19.3 Å². The number of methoxy groups -OCH3 is 1. The molecule has 1 amide bonds. The van der Waals surface area contributed by atoms with E-state index < -0.39 is 18.4 Å². The van der Waals surface area contributed by atoms with E-state index >= 15 is 0 Å². The topological polar surface area (TPSA) is 106 Å². The lowest BCUT2D eigenvalue weighted by molar-refractivity contribution is -0.137. The highest BCUT2D eigenvalue weighted by molar-refractivity contribution is 5.95. The lowest BCUT2D eigenvalue weighted by Crippen LogP contribution is -2.36. The maximum atomic E-state index is 13.0. The van der Waals surface area contributed by atoms with Gasteiger partial charge >= 0.3 is 5.97 Å². The summed E-state index contributed by atoms with van der Waals surface area (Å²) in [5, 5.41) is 9.20. The standard InChI is InChI=1S/C20H19N3O5/c1-13-18(22-19(28-13)14-6-5-8-16(10-14)27-2)20(26)23(12-17(24)25)11-15-7-3-4-9-21-15/h3-10H,11-12H2,1-2H3,(H,24,25). The van der Waals surface area contributed by atoms with Gasteiger partial charge in [0.25, 0.3) is 5.91 Å². The minimum atomic E-state index is -1.13. The molecule has 0 aliphatic carbocycles. The molecule has 0 saturated heterocycles. The Labute approximate surface area is 161 Å². The van der Waals surface area contributed by atoms with Gasteiger partial charge in [-0.05, 0) is 37.3 Å². The van der Waals surface area contributed by atoms with E-state index in [2.05, 4.69) is 9.97 Å². The van der Waals surface area contributed by atoms with Crippen LogP contribution in [-0.2, 0) is 11.3 Å². The van der Waals surface area contributed by atoms with Crippen LogP contribution in [0.25, 0.3) is 11.5 Å². The SMILES string of the molecule is COc1cccc(-c2nc(C(=O)N(CC(=O)O)Cc3ccccn3)c(C)o2)c1. The summed E-state index contributed by atoms with van der Waals surface area (Å²) in [6.07, 6.45) is 1.58. The predicted octanol–water partition coefficient (Wildman–Crippen LogP) is 2.78. The van der Waals surface area contributed by atoms with E-state index in [-0.39, 0.29) is 18.1 Å². The summed E-state index contributed by atoms with van der Waals surface area (Å²) in [6, 6.07) is 12.3. The fourth-order valence-electron chi connectivity index (χ4n) is 2.67. The van der Waals surface area contributed by atoms with Crippen molar-refractivity contribution in [1.82, 2.24) is 14.9 Å². The van der Waals surface area contributed by atoms with Gasteiger partial charge in [0.1, 0.15) is 18.1 Å². The molecule has 8 nitrogen and oxygen atoms in total. The number of carbonyl (C=O) groups excluding carboxylic acids is 1. The summed E-state index contributed by atoms with van der Waals surface area (Å²) >= 11 is 0. The van der Waals surface area contributed by atoms with E-state index in [1.807, 2.05) is 0 Å². The second kappa shape index (κ2) is 8.34. The fourth-order valence-corrected chi connectivity index (χ4v) is 2.67. The average Bonchev–Trinajstić information content (AvgIpc) is 3.09. The van der Waals surface area contributed by atoms with Crippen molar-refractivity contribution in [3.63, 3.8) is 0 Å². The number of benzene rings is 1. The maximum Gasteiger partial charge on any atom is 0.323 e. The highest BCUT2D eigenvalue weighted by Crippen LogP contribution is 2.26. The molecule has 3 rings (SSSR count). The molecule has 0 saturated carbocycles. The third kappa shape index (κ3) is 4.35. The Bertz CT molecular complexity index is 985. The van der Waals surface area contributed by atoms with Crippen LogP contribution >= 0.6 is 0 Å². The van der Waals surface area contributed by atoms with Gasteiger partial charge in [0.2, 0.25) is 5.89 Å². The molecule has 0 aliphatic heterocycles. The summed E-state index contributed by atoms with van der Waals surface area (Å²) in [5.41, 5.74) is 1.29. The third-order valence-corrected chi connectivity index (χ3v) is 4.01. The van der Waals surface area contributed by atoms with Crippen LogP contribution in [0, 0.1) is 6.92 Å². The fraction of sp³-hybridized carbons (Fsp3) is 0.200. The average molecular weight is 381 g/mol. The predicted molar refractivity (Wildman–Crippen MR) is 99.8 cm³/mol. The first kappa shape index (κ1) is 19.1. The number of hydrogen-bond acceptors (Lipinski definition) is 6. The number of aromatic nitrogens is 2. The van der Waals surface area contributed by atoms with Gasteiger partial charge in [-0.3, -0.25) is 14.6 Å². The second-order valence-electron chi connectivity index (χ2n) is 6.03. The number of carboxylic acids is 1. The number of carbonyl (C=O) groups is 2. The van der Waals surface area contributed by atoms with Crippen molar-refractivity contribution >= 4 is 11.9 Å². The first-order chi connectivity index (χ1) is 13.5. The molecule has 2 aromatic heterocycles. The Balaban J connectivity index is 1.90. The van der Waals surface area contributed by atoms with Crippen molar-refractivity contribution in [3.05, 3.63) is 65.8 Å². The quantitative estimate of drug-likeness (QED) is 0.671. The van der Waals surface area contributed by atoms with Crippen molar-refractivity contribution in [3.8, 4) is 17.2 Å². The van der Waals surface area contributed by atoms with Crippen LogP contribution in [0.5, 0.6) is 5.75 Å². The van der Waals surface area contributed by atoms with Gasteiger partial charge in [-0.15, -0.1) is 0 Å². The number of hydrogen-bond donors (Lipinski definition) is 1. The first-order valence-electron chi connectivity index (χ1n) is 8.50. The molecule has 2 heterocycles. The molecule has 0 fully saturated rings. The Morgan fingerprint density at radius 2 is 2.04 bits per heavy atom. The van der Waals surface area contributed by atoms with Gasteiger partial charge in [-0.25, -0.2) is 4.98 Å². The van der Waals surface area contributed by atoms with Crippen LogP contribution in [-0.4, -0.2) is 45.5 Å². The minimum Gasteiger partial charge on any atom is -0.497 e. The normalized spacial score (nSPS) is 10.5. The number of rotatable bonds is 7. The van der Waals surface area contributed by atoms with Crippen LogP contribution in [0.15, 0.2) is 53.1 Å². The van der Waals surface area contributed by atoms with Crippen molar-refractivity contribution in [2.45, 2.75) is 13.5 Å². The molecule has 3 aromatic rings. The zero-order valence-electron chi connectivity index (χ0n) is 15.5. The number of aliphatic carboxylic acids is 1. The molecule has 0 bridgehead atoms. The molecule has 0 unspecified atom stereocenters. The monoisotopic (exact) mass is 381 g/mol. The molecule has 0 aliphatic rings. The van der Waals surface area contributed by atoms with Crippen LogP contribution < -0.4 is 4.74 Å². The van der Waals surface area contributed by atoms with Crippen LogP contribution in [0.3, 0.4) is 0 Å². The highest BCUT2D eigenvalue weighted by Gasteiger charge is 2.25. The Kier molecular flexibility index (Phi) is 5.69. The molecular formula is C20H19N3O5. The first-order valence-corrected chi connectivity index (χ1v) is 8.50. The largest absolute Gasteiger partial charge is 0.497 e. The Morgan fingerprint density at radius 3 is 2.71 bits per heavy atom. The minimum absolute atomic E-state index is 0.0484. The van der Waals surface area contributed by atoms with Crippen molar-refractivity contribution < 1.29 is 23.8 Å².